The number of hydrogen-bond acceptors (Lipinski definition) is 9. The Morgan fingerprint density at radius 3 is 2.51 bits per heavy atom. The second-order valence-electron chi connectivity index (χ2n) is 8.85. The van der Waals surface area contributed by atoms with E-state index in [9.17, 15) is 5.11 Å². The summed E-state index contributed by atoms with van der Waals surface area (Å²) in [4.78, 5) is 16.5. The summed E-state index contributed by atoms with van der Waals surface area (Å²) in [5.41, 5.74) is 3.14. The molecule has 3 aromatic rings. The van der Waals surface area contributed by atoms with Crippen LogP contribution in [0, 0.1) is 0 Å². The molecule has 1 atom stereocenters. The predicted octanol–water partition coefficient (Wildman–Crippen LogP) is 3.27. The fraction of sp³-hybridized carbons (Fsp3) is 0.480. The summed E-state index contributed by atoms with van der Waals surface area (Å²) in [7, 11) is 4.76. The number of fused-ring (bicyclic) bond motifs is 1. The maximum atomic E-state index is 9.89. The van der Waals surface area contributed by atoms with Gasteiger partial charge in [-0.2, -0.15) is 4.98 Å². The normalized spacial score (nSPS) is 17.3. The van der Waals surface area contributed by atoms with E-state index in [2.05, 4.69) is 15.2 Å². The zero-order valence-electron chi connectivity index (χ0n) is 20.5. The summed E-state index contributed by atoms with van der Waals surface area (Å²) >= 11 is 0. The van der Waals surface area contributed by atoms with Gasteiger partial charge in [0.2, 0.25) is 11.7 Å². The second-order valence-corrected chi connectivity index (χ2v) is 8.85. The van der Waals surface area contributed by atoms with Gasteiger partial charge in [0.1, 0.15) is 12.1 Å². The molecule has 0 radical (unpaired) electrons. The lowest BCUT2D eigenvalue weighted by molar-refractivity contribution is 0.266. The highest BCUT2D eigenvalue weighted by Crippen LogP contribution is 2.39. The van der Waals surface area contributed by atoms with Gasteiger partial charge in [0.15, 0.2) is 17.3 Å². The van der Waals surface area contributed by atoms with Gasteiger partial charge in [0, 0.05) is 24.2 Å². The van der Waals surface area contributed by atoms with Crippen LogP contribution in [-0.4, -0.2) is 65.1 Å². The van der Waals surface area contributed by atoms with Crippen LogP contribution >= 0.6 is 0 Å². The lowest BCUT2D eigenvalue weighted by Crippen LogP contribution is -2.34. The van der Waals surface area contributed by atoms with Crippen molar-refractivity contribution in [3.63, 3.8) is 0 Å². The van der Waals surface area contributed by atoms with E-state index >= 15 is 0 Å². The molecule has 0 bridgehead atoms. The second kappa shape index (κ2) is 9.99. The number of aromatic nitrogens is 4. The molecule has 1 aliphatic carbocycles. The van der Waals surface area contributed by atoms with E-state index in [1.54, 1.807) is 27.7 Å². The van der Waals surface area contributed by atoms with Crippen molar-refractivity contribution in [2.45, 2.75) is 44.6 Å². The summed E-state index contributed by atoms with van der Waals surface area (Å²) in [6, 6.07) is 3.84. The molecule has 3 heterocycles. The number of nitrogens with one attached hydrogen (secondary N) is 1. The molecular formula is C25H32N6O4. The number of hydrogen-bond donors (Lipinski definition) is 2. The molecule has 10 nitrogen and oxygen atoms in total. The Kier molecular flexibility index (Phi) is 6.63. The minimum absolute atomic E-state index is 0.114. The van der Waals surface area contributed by atoms with Crippen LogP contribution in [0.4, 0.5) is 17.6 Å². The lowest BCUT2D eigenvalue weighted by Gasteiger charge is -2.29. The van der Waals surface area contributed by atoms with E-state index in [-0.39, 0.29) is 12.6 Å². The SMILES string of the molecule is COc1cc(-n2cnc(Nc3nc4c(c(N5CCC[C@@H]5CO)n3)CCCC4)c2)cc(OC)c1OC. The molecule has 1 saturated heterocycles. The molecule has 0 saturated carbocycles. The first kappa shape index (κ1) is 23.2. The number of benzene rings is 1. The van der Waals surface area contributed by atoms with E-state index in [0.717, 1.165) is 62.3 Å². The summed E-state index contributed by atoms with van der Waals surface area (Å²) in [6.45, 7) is 1.05. The van der Waals surface area contributed by atoms with E-state index in [1.807, 2.05) is 22.9 Å². The minimum atomic E-state index is 0.114. The van der Waals surface area contributed by atoms with Crippen molar-refractivity contribution in [2.24, 2.45) is 0 Å². The predicted molar refractivity (Wildman–Crippen MR) is 133 cm³/mol. The molecule has 2 N–H and O–H groups in total. The smallest absolute Gasteiger partial charge is 0.230 e. The van der Waals surface area contributed by atoms with E-state index in [4.69, 9.17) is 24.2 Å². The molecule has 0 amide bonds. The third-order valence-corrected chi connectivity index (χ3v) is 6.79. The van der Waals surface area contributed by atoms with Gasteiger partial charge >= 0.3 is 0 Å². The van der Waals surface area contributed by atoms with Crippen molar-refractivity contribution in [3.8, 4) is 22.9 Å². The zero-order chi connectivity index (χ0) is 24.4. The Morgan fingerprint density at radius 2 is 1.80 bits per heavy atom. The zero-order valence-corrected chi connectivity index (χ0v) is 20.5. The first-order valence-electron chi connectivity index (χ1n) is 12.0. The maximum absolute atomic E-state index is 9.89. The summed E-state index contributed by atoms with van der Waals surface area (Å²) in [5.74, 6) is 3.78. The maximum Gasteiger partial charge on any atom is 0.230 e. The molecule has 1 aliphatic heterocycles. The molecule has 186 valence electrons. The van der Waals surface area contributed by atoms with Crippen molar-refractivity contribution in [2.75, 3.05) is 44.7 Å². The number of ether oxygens (including phenoxy) is 3. The van der Waals surface area contributed by atoms with E-state index in [0.29, 0.717) is 29.0 Å². The van der Waals surface area contributed by atoms with Gasteiger partial charge in [-0.25, -0.2) is 9.97 Å². The number of anilines is 3. The average molecular weight is 481 g/mol. The number of nitrogens with zero attached hydrogens (tertiary/aromatic N) is 5. The largest absolute Gasteiger partial charge is 0.493 e. The van der Waals surface area contributed by atoms with Crippen molar-refractivity contribution in [3.05, 3.63) is 35.9 Å². The number of aliphatic hydroxyl groups excluding tert-OH is 1. The molecule has 1 fully saturated rings. The van der Waals surface area contributed by atoms with E-state index in [1.165, 1.54) is 5.56 Å². The average Bonchev–Trinajstić information content (AvgIpc) is 3.57. The van der Waals surface area contributed by atoms with Gasteiger partial charge < -0.3 is 34.1 Å². The Balaban J connectivity index is 1.45. The first-order chi connectivity index (χ1) is 17.1. The fourth-order valence-electron chi connectivity index (χ4n) is 5.03. The van der Waals surface area contributed by atoms with Crippen LogP contribution in [0.2, 0.25) is 0 Å². The standard InChI is InChI=1S/C25H32N6O4/c1-33-20-11-17(12-21(34-2)23(20)35-3)30-13-22(26-15-30)28-25-27-19-9-5-4-8-18(19)24(29-25)31-10-6-7-16(31)14-32/h11-13,15-16,32H,4-10,14H2,1-3H3,(H,27,28,29)/t16-/m1/s1. The Morgan fingerprint density at radius 1 is 1.03 bits per heavy atom. The quantitative estimate of drug-likeness (QED) is 0.502. The highest BCUT2D eigenvalue weighted by atomic mass is 16.5. The van der Waals surface area contributed by atoms with Crippen molar-refractivity contribution in [1.82, 2.24) is 19.5 Å². The molecule has 10 heteroatoms. The molecule has 1 aromatic carbocycles. The van der Waals surface area contributed by atoms with Crippen LogP contribution in [0.3, 0.4) is 0 Å². The van der Waals surface area contributed by atoms with Crippen LogP contribution in [-0.2, 0) is 12.8 Å². The lowest BCUT2D eigenvalue weighted by atomic mass is 9.96. The van der Waals surface area contributed by atoms with E-state index < -0.39 is 0 Å². The molecule has 2 aliphatic rings. The first-order valence-corrected chi connectivity index (χ1v) is 12.0. The van der Waals surface area contributed by atoms with Crippen LogP contribution < -0.4 is 24.4 Å². The summed E-state index contributed by atoms with van der Waals surface area (Å²) < 4.78 is 18.3. The number of aliphatic hydroxyl groups is 1. The Hall–Kier alpha value is -3.53. The third kappa shape index (κ3) is 4.45. The van der Waals surface area contributed by atoms with Crippen LogP contribution in [0.5, 0.6) is 17.2 Å². The van der Waals surface area contributed by atoms with Gasteiger partial charge in [-0.1, -0.05) is 0 Å². The minimum Gasteiger partial charge on any atom is -0.493 e. The highest BCUT2D eigenvalue weighted by Gasteiger charge is 2.29. The van der Waals surface area contributed by atoms with Crippen LogP contribution in [0.15, 0.2) is 24.7 Å². The van der Waals surface area contributed by atoms with Crippen molar-refractivity contribution in [1.29, 1.82) is 0 Å². The Labute approximate surface area is 204 Å². The topological polar surface area (TPSA) is 107 Å². The monoisotopic (exact) mass is 480 g/mol. The van der Waals surface area contributed by atoms with Crippen LogP contribution in [0.1, 0.15) is 36.9 Å². The summed E-state index contributed by atoms with van der Waals surface area (Å²) in [6.07, 6.45) is 9.82. The third-order valence-electron chi connectivity index (χ3n) is 6.79. The van der Waals surface area contributed by atoms with Gasteiger partial charge in [0.05, 0.1) is 51.6 Å². The molecule has 0 spiro atoms. The number of imidazole rings is 1. The van der Waals surface area contributed by atoms with Crippen molar-refractivity contribution >= 4 is 17.6 Å². The molecule has 5 rings (SSSR count). The number of rotatable bonds is 8. The molecule has 0 unspecified atom stereocenters. The van der Waals surface area contributed by atoms with Gasteiger partial charge in [-0.3, -0.25) is 0 Å². The van der Waals surface area contributed by atoms with Gasteiger partial charge in [-0.15, -0.1) is 0 Å². The molecule has 35 heavy (non-hydrogen) atoms. The number of aryl methyl sites for hydroxylation is 1. The summed E-state index contributed by atoms with van der Waals surface area (Å²) in [5, 5.41) is 13.2. The number of methoxy groups -OCH3 is 3. The highest BCUT2D eigenvalue weighted by molar-refractivity contribution is 5.60. The van der Waals surface area contributed by atoms with Crippen molar-refractivity contribution < 1.29 is 19.3 Å². The van der Waals surface area contributed by atoms with Crippen LogP contribution in [0.25, 0.3) is 5.69 Å². The van der Waals surface area contributed by atoms with Gasteiger partial charge in [0.25, 0.3) is 0 Å². The molecule has 2 aromatic heterocycles. The Bertz CT molecular complexity index is 1170. The fourth-order valence-corrected chi connectivity index (χ4v) is 5.03. The molecular weight excluding hydrogens is 448 g/mol. The van der Waals surface area contributed by atoms with Gasteiger partial charge in [-0.05, 0) is 38.5 Å².